The number of fused-ring (bicyclic) bond motifs is 1. The van der Waals surface area contributed by atoms with Crippen LogP contribution >= 0.6 is 0 Å². The van der Waals surface area contributed by atoms with Gasteiger partial charge in [-0.2, -0.15) is 57.1 Å². The first-order valence-corrected chi connectivity index (χ1v) is 21.3. The smallest absolute Gasteiger partial charge is 0.408 e. The number of aromatic nitrogens is 2. The highest BCUT2D eigenvalue weighted by atomic mass is 32.2. The zero-order valence-corrected chi connectivity index (χ0v) is 33.0. The van der Waals surface area contributed by atoms with Gasteiger partial charge in [0.05, 0.1) is 16.0 Å². The van der Waals surface area contributed by atoms with Gasteiger partial charge in [-0.15, -0.1) is 25.6 Å². The van der Waals surface area contributed by atoms with E-state index < -0.39 is 157 Å². The molecule has 4 aromatic carbocycles. The Morgan fingerprint density at radius 2 is 1.11 bits per heavy atom. The Labute approximate surface area is 345 Å². The molecule has 0 radical (unpaired) electrons. The number of hydrogen-bond acceptors (Lipinski definition) is 21. The minimum atomic E-state index is -5.60. The molecule has 0 unspecified atom stereocenters. The molecule has 334 valence electrons. The summed E-state index contributed by atoms with van der Waals surface area (Å²) in [6.07, 6.45) is -5.00. The fraction of sp³-hybridized carbons (Fsp3) is 0.0714. The minimum Gasteiger partial charge on any atom is -0.505 e. The maximum absolute atomic E-state index is 12.9. The number of carboxylic acid groups (broad SMARTS) is 1. The van der Waals surface area contributed by atoms with E-state index in [4.69, 9.17) is 0 Å². The number of phenolic OH excluding ortho intramolecular Hbond substituents is 2. The van der Waals surface area contributed by atoms with Crippen LogP contribution in [0.3, 0.4) is 0 Å². The fourth-order valence-electron chi connectivity index (χ4n) is 5.08. The lowest BCUT2D eigenvalue weighted by atomic mass is 10.1. The van der Waals surface area contributed by atoms with E-state index in [1.807, 2.05) is 0 Å². The van der Waals surface area contributed by atoms with Crippen LogP contribution in [0.5, 0.6) is 17.4 Å². The van der Waals surface area contributed by atoms with Gasteiger partial charge in [-0.25, -0.2) is 9.48 Å². The van der Waals surface area contributed by atoms with Crippen molar-refractivity contribution in [2.24, 2.45) is 30.7 Å². The number of nitro benzene ring substituents is 1. The first-order valence-electron chi connectivity index (χ1n) is 15.5. The van der Waals surface area contributed by atoms with Crippen LogP contribution in [0, 0.1) is 10.1 Å². The molecule has 0 saturated carbocycles. The summed E-state index contributed by atoms with van der Waals surface area (Å²) >= 11 is 0. The van der Waals surface area contributed by atoms with Crippen LogP contribution in [0.2, 0.25) is 0 Å². The number of phenols is 2. The zero-order chi connectivity index (χ0) is 47.4. The van der Waals surface area contributed by atoms with Crippen LogP contribution < -0.4 is 0 Å². The highest BCUT2D eigenvalue weighted by Gasteiger charge is 2.34. The molecule has 5 aromatic rings. The number of nitrogens with zero attached hydrogens (tertiary/aromatic N) is 9. The van der Waals surface area contributed by atoms with Gasteiger partial charge in [0, 0.05) is 12.1 Å². The van der Waals surface area contributed by atoms with E-state index >= 15 is 0 Å². The van der Waals surface area contributed by atoms with Crippen molar-refractivity contribution in [1.82, 2.24) is 9.78 Å². The summed E-state index contributed by atoms with van der Waals surface area (Å²) in [5.41, 5.74) is -8.59. The molecule has 0 aliphatic heterocycles. The van der Waals surface area contributed by atoms with Crippen LogP contribution in [-0.2, 0) is 47.0 Å². The van der Waals surface area contributed by atoms with E-state index in [-0.39, 0.29) is 4.68 Å². The van der Waals surface area contributed by atoms with Crippen molar-refractivity contribution in [3.05, 3.63) is 64.3 Å². The second-order valence-electron chi connectivity index (χ2n) is 11.9. The van der Waals surface area contributed by atoms with E-state index in [0.717, 1.165) is 6.07 Å². The maximum Gasteiger partial charge on any atom is 0.408 e. The molecule has 8 N–H and O–H groups in total. The Balaban J connectivity index is 1.69. The van der Waals surface area contributed by atoms with Gasteiger partial charge in [0.25, 0.3) is 46.2 Å². The molecule has 0 fully saturated rings. The van der Waals surface area contributed by atoms with Gasteiger partial charge in [-0.1, -0.05) is 0 Å². The van der Waals surface area contributed by atoms with Crippen molar-refractivity contribution in [2.45, 2.75) is 32.3 Å². The number of non-ortho nitro benzene ring substituents is 1. The number of carbonyl (C=O) groups is 1. The number of alkyl halides is 3. The summed E-state index contributed by atoms with van der Waals surface area (Å²) in [6.45, 7) is -1.98. The minimum absolute atomic E-state index is 0.184. The second kappa shape index (κ2) is 16.3. The number of aromatic carboxylic acids is 1. The van der Waals surface area contributed by atoms with Crippen molar-refractivity contribution in [1.29, 1.82) is 0 Å². The van der Waals surface area contributed by atoms with Crippen LogP contribution in [0.1, 0.15) is 10.5 Å². The fourth-order valence-corrected chi connectivity index (χ4v) is 7.68. The lowest BCUT2D eigenvalue weighted by molar-refractivity contribution is -0.385. The molecule has 0 spiro atoms. The predicted octanol–water partition coefficient (Wildman–Crippen LogP) is 5.55. The first kappa shape index (κ1) is 46.9. The van der Waals surface area contributed by atoms with Crippen LogP contribution in [-0.4, -0.2) is 99.2 Å². The van der Waals surface area contributed by atoms with Gasteiger partial charge < -0.3 is 20.4 Å². The number of benzene rings is 4. The van der Waals surface area contributed by atoms with E-state index in [0.29, 0.717) is 42.5 Å². The van der Waals surface area contributed by atoms with Crippen molar-refractivity contribution in [3.8, 4) is 17.4 Å². The Morgan fingerprint density at radius 3 is 1.54 bits per heavy atom. The van der Waals surface area contributed by atoms with E-state index in [9.17, 15) is 100 Å². The standard InChI is InChI=1S/C28H18F3N9O19S4/c29-28(30,31)9-39-26(43)22(23(38-39)27(44)45)37-32-11-1-3-13(15(7-11)60(48,49)50)33-35-20-17(62(54,55)56)5-10-6-18(63(57,58)59)21(25(42)19(10)24(20)41)36-34-14-4-2-12(40(46)47)8-16(14)61(51,52)53/h1-8,41-43H,9H2,(H,44,45)(H,48,49,50)(H,51,52,53)(H,54,55,56)(H,57,58,59). The number of carboxylic acids is 1. The van der Waals surface area contributed by atoms with Gasteiger partial charge >= 0.3 is 12.1 Å². The Morgan fingerprint density at radius 1 is 0.667 bits per heavy atom. The lowest BCUT2D eigenvalue weighted by Crippen LogP contribution is -2.18. The van der Waals surface area contributed by atoms with Crippen LogP contribution in [0.25, 0.3) is 10.8 Å². The highest BCUT2D eigenvalue weighted by Crippen LogP contribution is 2.50. The summed E-state index contributed by atoms with van der Waals surface area (Å²) in [5.74, 6) is -6.51. The molecule has 5 rings (SSSR count). The summed E-state index contributed by atoms with van der Waals surface area (Å²) < 4.78 is 176. The highest BCUT2D eigenvalue weighted by molar-refractivity contribution is 7.86. The van der Waals surface area contributed by atoms with Gasteiger partial charge in [-0.05, 0) is 41.8 Å². The molecule has 0 amide bonds. The Hall–Kier alpha value is -7.15. The predicted molar refractivity (Wildman–Crippen MR) is 196 cm³/mol. The van der Waals surface area contributed by atoms with E-state index in [1.54, 1.807) is 0 Å². The summed E-state index contributed by atoms with van der Waals surface area (Å²) in [7, 11) is -22.0. The topological polar surface area (TPSA) is 451 Å². The number of azo groups is 3. The molecule has 0 atom stereocenters. The molecule has 1 heterocycles. The van der Waals surface area contributed by atoms with E-state index in [2.05, 4.69) is 35.8 Å². The molecule has 0 saturated heterocycles. The number of aromatic hydroxyl groups is 3. The summed E-state index contributed by atoms with van der Waals surface area (Å²) in [6, 6.07) is 4.04. The first-order chi connectivity index (χ1) is 28.8. The number of halogens is 3. The van der Waals surface area contributed by atoms with E-state index in [1.165, 1.54) is 0 Å². The Kier molecular flexibility index (Phi) is 12.1. The van der Waals surface area contributed by atoms with Gasteiger partial charge in [0.15, 0.2) is 17.2 Å². The number of hydrogen-bond donors (Lipinski definition) is 8. The maximum atomic E-state index is 12.9. The third kappa shape index (κ3) is 10.2. The van der Waals surface area contributed by atoms with Gasteiger partial charge in [0.2, 0.25) is 11.6 Å². The molecule has 63 heavy (non-hydrogen) atoms. The molecule has 0 aliphatic rings. The average molecular weight is 970 g/mol. The molecule has 1 aromatic heterocycles. The molecule has 0 bridgehead atoms. The molecular weight excluding hydrogens is 952 g/mol. The van der Waals surface area contributed by atoms with Gasteiger partial charge in [0.1, 0.15) is 48.9 Å². The Bertz CT molecular complexity index is 3360. The van der Waals surface area contributed by atoms with Crippen molar-refractivity contribution in [3.63, 3.8) is 0 Å². The molecule has 28 nitrogen and oxygen atoms in total. The number of nitro groups is 1. The second-order valence-corrected chi connectivity index (χ2v) is 17.5. The third-order valence-electron chi connectivity index (χ3n) is 7.67. The molecule has 0 aliphatic carbocycles. The zero-order valence-electron chi connectivity index (χ0n) is 29.7. The summed E-state index contributed by atoms with van der Waals surface area (Å²) in [5, 5.41) is 74.3. The van der Waals surface area contributed by atoms with Crippen LogP contribution in [0.4, 0.5) is 53.0 Å². The lowest BCUT2D eigenvalue weighted by Gasteiger charge is -2.13. The van der Waals surface area contributed by atoms with Gasteiger partial charge in [-0.3, -0.25) is 28.3 Å². The summed E-state index contributed by atoms with van der Waals surface area (Å²) in [4.78, 5) is 16.1. The monoisotopic (exact) mass is 969 g/mol. The quantitative estimate of drug-likeness (QED) is 0.0310. The number of rotatable bonds is 13. The van der Waals surface area contributed by atoms with Crippen molar-refractivity contribution < 1.29 is 95.2 Å². The average Bonchev–Trinajstić information content (AvgIpc) is 3.44. The largest absolute Gasteiger partial charge is 0.505 e. The third-order valence-corrected chi connectivity index (χ3v) is 11.2. The SMILES string of the molecule is O=C(O)c1nn(CC(F)(F)F)c(O)c1N=Nc1ccc(N=Nc2c(S(=O)(=O)O)cc3cc(S(=O)(=O)O)c(N=Nc4ccc([N+](=O)[O-])cc4S(=O)(=O)O)c(O)c3c2O)c(S(=O)(=O)O)c1. The van der Waals surface area contributed by atoms with Crippen molar-refractivity contribution in [2.75, 3.05) is 0 Å². The molecular formula is C28H18F3N9O19S4. The van der Waals surface area contributed by atoms with Crippen molar-refractivity contribution >= 4 is 97.0 Å². The molecule has 35 heteroatoms. The van der Waals surface area contributed by atoms with Crippen LogP contribution in [0.15, 0.2) is 98.8 Å². The normalized spacial score (nSPS) is 13.2.